The van der Waals surface area contributed by atoms with Crippen LogP contribution >= 0.6 is 46.2 Å². The number of aromatic nitrogens is 2. The molecule has 0 atom stereocenters. The first-order valence-electron chi connectivity index (χ1n) is 7.97. The molecule has 0 saturated carbocycles. The van der Waals surface area contributed by atoms with E-state index in [1.807, 2.05) is 43.5 Å². The number of nitriles is 1. The molecule has 0 unspecified atom stereocenters. The van der Waals surface area contributed by atoms with E-state index in [1.54, 1.807) is 23.1 Å². The van der Waals surface area contributed by atoms with Crippen molar-refractivity contribution in [2.24, 2.45) is 0 Å². The fourth-order valence-electron chi connectivity index (χ4n) is 2.13. The van der Waals surface area contributed by atoms with Crippen molar-refractivity contribution in [3.63, 3.8) is 0 Å². The van der Waals surface area contributed by atoms with E-state index < -0.39 is 0 Å². The number of rotatable bonds is 7. The average Bonchev–Trinajstić information content (AvgIpc) is 3.23. The van der Waals surface area contributed by atoms with Crippen LogP contribution in [0.3, 0.4) is 0 Å². The highest BCUT2D eigenvalue weighted by Crippen LogP contribution is 2.32. The lowest BCUT2D eigenvalue weighted by Gasteiger charge is -2.04. The zero-order valence-electron chi connectivity index (χ0n) is 14.7. The fraction of sp³-hybridized carbons (Fsp3) is 0.222. The summed E-state index contributed by atoms with van der Waals surface area (Å²) >= 11 is 6.17. The molecule has 1 amide bonds. The van der Waals surface area contributed by atoms with E-state index in [0.717, 1.165) is 31.3 Å². The Bertz CT molecular complexity index is 972. The first-order chi connectivity index (χ1) is 13.0. The van der Waals surface area contributed by atoms with E-state index >= 15 is 0 Å². The number of thioether (sulfide) groups is 2. The first-order valence-corrected chi connectivity index (χ1v) is 11.6. The minimum absolute atomic E-state index is 0.185. The molecule has 0 radical (unpaired) electrons. The minimum Gasteiger partial charge on any atom is -0.298 e. The zero-order chi connectivity index (χ0) is 19.2. The van der Waals surface area contributed by atoms with Crippen LogP contribution in [0.25, 0.3) is 0 Å². The molecule has 0 spiro atoms. The molecule has 27 heavy (non-hydrogen) atoms. The molecule has 0 saturated heterocycles. The Hall–Kier alpha value is -1.86. The van der Waals surface area contributed by atoms with Crippen LogP contribution in [-0.2, 0) is 5.75 Å². The van der Waals surface area contributed by atoms with Gasteiger partial charge in [-0.2, -0.15) is 5.26 Å². The summed E-state index contributed by atoms with van der Waals surface area (Å²) in [5, 5.41) is 14.1. The summed E-state index contributed by atoms with van der Waals surface area (Å²) in [6, 6.07) is 9.67. The molecule has 5 nitrogen and oxygen atoms in total. The van der Waals surface area contributed by atoms with Gasteiger partial charge in [0.05, 0.1) is 21.7 Å². The van der Waals surface area contributed by atoms with Gasteiger partial charge in [-0.15, -0.1) is 11.3 Å². The number of nitrogens with one attached hydrogen (secondary N) is 1. The number of carbonyl (C=O) groups is 1. The monoisotopic (exact) mass is 432 g/mol. The lowest BCUT2D eigenvalue weighted by Crippen LogP contribution is -2.11. The van der Waals surface area contributed by atoms with Gasteiger partial charge in [0.25, 0.3) is 5.91 Å². The molecule has 138 valence electrons. The number of hydrogen-bond donors (Lipinski definition) is 1. The summed E-state index contributed by atoms with van der Waals surface area (Å²) in [6.07, 6.45) is 0. The molecular formula is C18H16N4OS4. The van der Waals surface area contributed by atoms with E-state index in [4.69, 9.17) is 5.26 Å². The number of aryl methyl sites for hydroxylation is 2. The van der Waals surface area contributed by atoms with Crippen molar-refractivity contribution < 1.29 is 4.79 Å². The topological polar surface area (TPSA) is 78.7 Å². The quantitative estimate of drug-likeness (QED) is 0.505. The maximum Gasteiger partial charge on any atom is 0.257 e. The number of thiazole rings is 2. The standard InChI is InChI=1S/C18H16N4OS4/c1-11-9-25-18(20-11)26-10-13-3-5-14(6-4-13)15(23)22-17-21-12(2)16(27-17)24-8-7-19/h3-6,9H,8,10H2,1-2H3,(H,21,22,23). The highest BCUT2D eigenvalue weighted by atomic mass is 32.2. The molecular weight excluding hydrogens is 416 g/mol. The van der Waals surface area contributed by atoms with E-state index in [1.165, 1.54) is 23.1 Å². The maximum absolute atomic E-state index is 12.4. The largest absolute Gasteiger partial charge is 0.298 e. The number of benzene rings is 1. The molecule has 9 heteroatoms. The van der Waals surface area contributed by atoms with Gasteiger partial charge in [-0.05, 0) is 31.5 Å². The molecule has 0 aliphatic rings. The second-order valence-electron chi connectivity index (χ2n) is 5.53. The molecule has 1 aromatic carbocycles. The first kappa shape index (κ1) is 19.9. The SMILES string of the molecule is Cc1csc(SCc2ccc(C(=O)Nc3nc(C)c(SCC#N)s3)cc2)n1. The molecule has 3 aromatic rings. The van der Waals surface area contributed by atoms with Crippen molar-refractivity contribution >= 4 is 57.2 Å². The molecule has 0 aliphatic carbocycles. The van der Waals surface area contributed by atoms with E-state index in [9.17, 15) is 4.79 Å². The maximum atomic E-state index is 12.4. The number of amides is 1. The highest BCUT2D eigenvalue weighted by Gasteiger charge is 2.12. The van der Waals surface area contributed by atoms with Gasteiger partial charge < -0.3 is 0 Å². The lowest BCUT2D eigenvalue weighted by atomic mass is 10.1. The van der Waals surface area contributed by atoms with Gasteiger partial charge in [-0.3, -0.25) is 10.1 Å². The predicted molar refractivity (Wildman–Crippen MR) is 114 cm³/mol. The van der Waals surface area contributed by atoms with Crippen molar-refractivity contribution in [1.82, 2.24) is 9.97 Å². The summed E-state index contributed by atoms with van der Waals surface area (Å²) in [6.45, 7) is 3.87. The van der Waals surface area contributed by atoms with Crippen LogP contribution in [0.2, 0.25) is 0 Å². The average molecular weight is 433 g/mol. The van der Waals surface area contributed by atoms with Crippen LogP contribution in [0.5, 0.6) is 0 Å². The van der Waals surface area contributed by atoms with Crippen LogP contribution in [0.4, 0.5) is 5.13 Å². The molecule has 3 rings (SSSR count). The highest BCUT2D eigenvalue weighted by molar-refractivity contribution is 8.01. The van der Waals surface area contributed by atoms with Crippen LogP contribution in [0, 0.1) is 25.2 Å². The van der Waals surface area contributed by atoms with E-state index in [0.29, 0.717) is 16.4 Å². The van der Waals surface area contributed by atoms with Crippen molar-refractivity contribution in [1.29, 1.82) is 5.26 Å². The zero-order valence-corrected chi connectivity index (χ0v) is 17.9. The van der Waals surface area contributed by atoms with Gasteiger partial charge >= 0.3 is 0 Å². The predicted octanol–water partition coefficient (Wildman–Crippen LogP) is 5.38. The van der Waals surface area contributed by atoms with E-state index in [2.05, 4.69) is 21.4 Å². The Morgan fingerprint density at radius 3 is 2.67 bits per heavy atom. The smallest absolute Gasteiger partial charge is 0.257 e. The summed E-state index contributed by atoms with van der Waals surface area (Å²) in [7, 11) is 0. The lowest BCUT2D eigenvalue weighted by molar-refractivity contribution is 0.102. The second kappa shape index (κ2) is 9.37. The molecule has 0 bridgehead atoms. The van der Waals surface area contributed by atoms with Crippen molar-refractivity contribution in [2.45, 2.75) is 28.1 Å². The summed E-state index contributed by atoms with van der Waals surface area (Å²) < 4.78 is 2.01. The summed E-state index contributed by atoms with van der Waals surface area (Å²) in [4.78, 5) is 21.2. The van der Waals surface area contributed by atoms with Crippen molar-refractivity contribution in [3.05, 3.63) is 52.2 Å². The number of carbonyl (C=O) groups excluding carboxylic acids is 1. The Labute approximate surface area is 174 Å². The van der Waals surface area contributed by atoms with Gasteiger partial charge in [-0.25, -0.2) is 9.97 Å². The van der Waals surface area contributed by atoms with Crippen LogP contribution in [0.15, 0.2) is 38.2 Å². The third-order valence-electron chi connectivity index (χ3n) is 3.42. The normalized spacial score (nSPS) is 10.6. The summed E-state index contributed by atoms with van der Waals surface area (Å²) in [5.74, 6) is 1.01. The second-order valence-corrected chi connectivity index (χ2v) is 9.86. The van der Waals surface area contributed by atoms with Crippen LogP contribution in [0.1, 0.15) is 27.3 Å². The van der Waals surface area contributed by atoms with Gasteiger partial charge in [-0.1, -0.05) is 47.0 Å². The third kappa shape index (κ3) is 5.56. The molecule has 1 N–H and O–H groups in total. The van der Waals surface area contributed by atoms with Gasteiger partial charge in [0.15, 0.2) is 5.13 Å². The Morgan fingerprint density at radius 1 is 1.22 bits per heavy atom. The van der Waals surface area contributed by atoms with Gasteiger partial charge in [0, 0.05) is 22.4 Å². The summed E-state index contributed by atoms with van der Waals surface area (Å²) in [5.41, 5.74) is 3.61. The van der Waals surface area contributed by atoms with Crippen LogP contribution < -0.4 is 5.32 Å². The van der Waals surface area contributed by atoms with Gasteiger partial charge in [0.2, 0.25) is 0 Å². The number of hydrogen-bond acceptors (Lipinski definition) is 8. The van der Waals surface area contributed by atoms with Crippen molar-refractivity contribution in [2.75, 3.05) is 11.1 Å². The Balaban J connectivity index is 1.58. The number of anilines is 1. The molecule has 0 aliphatic heterocycles. The third-order valence-corrected chi connectivity index (χ3v) is 7.93. The molecule has 2 aromatic heterocycles. The Morgan fingerprint density at radius 2 is 2.00 bits per heavy atom. The molecule has 2 heterocycles. The molecule has 0 fully saturated rings. The fourth-order valence-corrected chi connectivity index (χ4v) is 5.73. The van der Waals surface area contributed by atoms with Gasteiger partial charge in [0.1, 0.15) is 4.34 Å². The minimum atomic E-state index is -0.185. The van der Waals surface area contributed by atoms with E-state index in [-0.39, 0.29) is 5.91 Å². The Kier molecular flexibility index (Phi) is 6.90. The van der Waals surface area contributed by atoms with Crippen LogP contribution in [-0.4, -0.2) is 21.6 Å². The number of nitrogens with zero attached hydrogens (tertiary/aromatic N) is 3. The van der Waals surface area contributed by atoms with Crippen molar-refractivity contribution in [3.8, 4) is 6.07 Å².